The van der Waals surface area contributed by atoms with Gasteiger partial charge in [0.25, 0.3) is 0 Å². The summed E-state index contributed by atoms with van der Waals surface area (Å²) in [5.74, 6) is 0. The van der Waals surface area contributed by atoms with Crippen molar-refractivity contribution in [2.75, 3.05) is 6.54 Å². The van der Waals surface area contributed by atoms with Gasteiger partial charge < -0.3 is 0 Å². The molecule has 1 rings (SSSR count). The highest BCUT2D eigenvalue weighted by atomic mass is 28.3. The minimum Gasteiger partial charge on any atom is -0.294 e. The third kappa shape index (κ3) is 6.02. The van der Waals surface area contributed by atoms with Crippen LogP contribution in [-0.2, 0) is 0 Å². The maximum atomic E-state index is 5.13. The van der Waals surface area contributed by atoms with Gasteiger partial charge >= 0.3 is 0 Å². The lowest BCUT2D eigenvalue weighted by atomic mass is 10.0. The van der Waals surface area contributed by atoms with Gasteiger partial charge in [0.05, 0.1) is 8.07 Å². The van der Waals surface area contributed by atoms with Crippen molar-refractivity contribution in [2.45, 2.75) is 103 Å². The molecule has 0 radical (unpaired) electrons. The number of hydrogen-bond acceptors (Lipinski definition) is 1. The predicted molar refractivity (Wildman–Crippen MR) is 105 cm³/mol. The lowest BCUT2D eigenvalue weighted by molar-refractivity contribution is 0.568. The van der Waals surface area contributed by atoms with Crippen molar-refractivity contribution < 1.29 is 0 Å². The number of aliphatic imine (C=N–C) groups is 1. The van der Waals surface area contributed by atoms with Crippen LogP contribution in [0.5, 0.6) is 0 Å². The van der Waals surface area contributed by atoms with Gasteiger partial charge in [-0.25, -0.2) is 0 Å². The van der Waals surface area contributed by atoms with E-state index in [9.17, 15) is 0 Å². The maximum absolute atomic E-state index is 5.13. The van der Waals surface area contributed by atoms with E-state index in [2.05, 4.69) is 33.9 Å². The molecule has 0 aromatic carbocycles. The van der Waals surface area contributed by atoms with Crippen LogP contribution in [0.15, 0.2) is 17.1 Å². The molecule has 1 atom stereocenters. The van der Waals surface area contributed by atoms with Crippen molar-refractivity contribution in [2.24, 2.45) is 4.99 Å². The van der Waals surface area contributed by atoms with E-state index < -0.39 is 8.07 Å². The SMILES string of the molecule is C=C(C)C(C1=NCCCCCCCCCC1)[Si](C)(CC)CC. The highest BCUT2D eigenvalue weighted by molar-refractivity contribution is 6.83. The van der Waals surface area contributed by atoms with Crippen molar-refractivity contribution in [3.63, 3.8) is 0 Å². The van der Waals surface area contributed by atoms with E-state index in [-0.39, 0.29) is 0 Å². The van der Waals surface area contributed by atoms with Crippen LogP contribution >= 0.6 is 0 Å². The van der Waals surface area contributed by atoms with E-state index in [0.29, 0.717) is 5.54 Å². The Balaban J connectivity index is 2.92. The molecular formula is C20H39NSi. The Morgan fingerprint density at radius 1 is 1.00 bits per heavy atom. The average molecular weight is 322 g/mol. The molecule has 0 aromatic heterocycles. The minimum atomic E-state index is -1.30. The van der Waals surface area contributed by atoms with Crippen LogP contribution in [0.3, 0.4) is 0 Å². The summed E-state index contributed by atoms with van der Waals surface area (Å²) in [6, 6.07) is 2.69. The van der Waals surface area contributed by atoms with Crippen LogP contribution in [0, 0.1) is 0 Å². The number of hydrogen-bond donors (Lipinski definition) is 0. The first-order valence-electron chi connectivity index (χ1n) is 9.73. The van der Waals surface area contributed by atoms with Gasteiger partial charge in [-0.15, -0.1) is 0 Å². The summed E-state index contributed by atoms with van der Waals surface area (Å²) in [6.45, 7) is 15.0. The minimum absolute atomic E-state index is 0.616. The molecule has 1 nitrogen and oxygen atoms in total. The number of rotatable bonds is 5. The Morgan fingerprint density at radius 2 is 1.50 bits per heavy atom. The van der Waals surface area contributed by atoms with Crippen molar-refractivity contribution in [1.82, 2.24) is 0 Å². The topological polar surface area (TPSA) is 12.4 Å². The number of allylic oxidation sites excluding steroid dienone is 1. The lowest BCUT2D eigenvalue weighted by Crippen LogP contribution is -2.39. The van der Waals surface area contributed by atoms with Crippen LogP contribution in [0.4, 0.5) is 0 Å². The molecule has 0 saturated carbocycles. The summed E-state index contributed by atoms with van der Waals surface area (Å²) < 4.78 is 0. The predicted octanol–water partition coefficient (Wildman–Crippen LogP) is 7.02. The smallest absolute Gasteiger partial charge is 0.0640 e. The van der Waals surface area contributed by atoms with Crippen molar-refractivity contribution in [3.8, 4) is 0 Å². The lowest BCUT2D eigenvalue weighted by Gasteiger charge is -2.36. The molecular weight excluding hydrogens is 282 g/mol. The van der Waals surface area contributed by atoms with Gasteiger partial charge in [0, 0.05) is 17.8 Å². The average Bonchev–Trinajstić information content (AvgIpc) is 2.49. The zero-order chi connectivity index (χ0) is 16.4. The van der Waals surface area contributed by atoms with Gasteiger partial charge in [0.1, 0.15) is 0 Å². The van der Waals surface area contributed by atoms with E-state index in [0.717, 1.165) is 6.54 Å². The fourth-order valence-corrected chi connectivity index (χ4v) is 7.50. The Labute approximate surface area is 140 Å². The highest BCUT2D eigenvalue weighted by Gasteiger charge is 2.36. The van der Waals surface area contributed by atoms with Crippen LogP contribution in [0.1, 0.15) is 78.6 Å². The fourth-order valence-electron chi connectivity index (χ4n) is 3.96. The molecule has 0 bridgehead atoms. The number of nitrogens with zero attached hydrogens (tertiary/aromatic N) is 1. The summed E-state index contributed by atoms with van der Waals surface area (Å²) in [6.07, 6.45) is 12.3. The Hall–Kier alpha value is -0.373. The van der Waals surface area contributed by atoms with Gasteiger partial charge in [-0.2, -0.15) is 0 Å². The molecule has 0 N–H and O–H groups in total. The van der Waals surface area contributed by atoms with Gasteiger partial charge in [0.15, 0.2) is 0 Å². The van der Waals surface area contributed by atoms with Crippen LogP contribution in [-0.4, -0.2) is 20.3 Å². The van der Waals surface area contributed by atoms with Gasteiger partial charge in [-0.1, -0.05) is 83.2 Å². The zero-order valence-electron chi connectivity index (χ0n) is 15.7. The Bertz CT molecular complexity index is 355. The van der Waals surface area contributed by atoms with E-state index in [4.69, 9.17) is 4.99 Å². The summed E-state index contributed by atoms with van der Waals surface area (Å²) in [5.41, 5.74) is 3.51. The molecule has 0 spiro atoms. The van der Waals surface area contributed by atoms with Gasteiger partial charge in [-0.3, -0.25) is 4.99 Å². The van der Waals surface area contributed by atoms with Crippen LogP contribution in [0.25, 0.3) is 0 Å². The van der Waals surface area contributed by atoms with E-state index >= 15 is 0 Å². The molecule has 0 amide bonds. The standard InChI is InChI=1S/C20H39NSi/c1-6-22(5,7-2)20(18(3)4)19-16-14-12-10-8-9-11-13-15-17-21-19/h20H,3,6-17H2,1-2,4-5H3. The van der Waals surface area contributed by atoms with Gasteiger partial charge in [0.2, 0.25) is 0 Å². The fraction of sp³-hybridized carbons (Fsp3) is 0.850. The second-order valence-corrected chi connectivity index (χ2v) is 12.9. The second-order valence-electron chi connectivity index (χ2n) is 7.59. The summed E-state index contributed by atoms with van der Waals surface area (Å²) >= 11 is 0. The maximum Gasteiger partial charge on any atom is 0.0640 e. The molecule has 0 aliphatic carbocycles. The third-order valence-electron chi connectivity index (χ3n) is 5.79. The summed E-state index contributed by atoms with van der Waals surface area (Å²) in [7, 11) is -1.30. The largest absolute Gasteiger partial charge is 0.294 e. The quantitative estimate of drug-likeness (QED) is 0.381. The van der Waals surface area contributed by atoms with Crippen LogP contribution in [0.2, 0.25) is 24.2 Å². The molecule has 0 saturated heterocycles. The monoisotopic (exact) mass is 321 g/mol. The molecule has 22 heavy (non-hydrogen) atoms. The van der Waals surface area contributed by atoms with Crippen molar-refractivity contribution >= 4 is 13.8 Å². The van der Waals surface area contributed by atoms with Gasteiger partial charge in [-0.05, 0) is 26.2 Å². The first kappa shape index (κ1) is 19.7. The molecule has 0 aromatic rings. The van der Waals surface area contributed by atoms with E-state index in [1.54, 1.807) is 0 Å². The molecule has 1 unspecified atom stereocenters. The molecule has 1 aliphatic heterocycles. The normalized spacial score (nSPS) is 20.5. The Morgan fingerprint density at radius 3 is 2.00 bits per heavy atom. The first-order valence-corrected chi connectivity index (χ1v) is 12.7. The highest BCUT2D eigenvalue weighted by Crippen LogP contribution is 2.37. The third-order valence-corrected chi connectivity index (χ3v) is 11.2. The van der Waals surface area contributed by atoms with Crippen molar-refractivity contribution in [3.05, 3.63) is 12.2 Å². The van der Waals surface area contributed by atoms with E-state index in [1.807, 2.05) is 0 Å². The van der Waals surface area contributed by atoms with Crippen LogP contribution < -0.4 is 0 Å². The molecule has 1 heterocycles. The van der Waals surface area contributed by atoms with E-state index in [1.165, 1.54) is 81.2 Å². The summed E-state index contributed by atoms with van der Waals surface area (Å²) in [4.78, 5) is 5.13. The first-order chi connectivity index (χ1) is 10.5. The van der Waals surface area contributed by atoms with Crippen molar-refractivity contribution in [1.29, 1.82) is 0 Å². The molecule has 128 valence electrons. The summed E-state index contributed by atoms with van der Waals surface area (Å²) in [5, 5.41) is 0. The zero-order valence-corrected chi connectivity index (χ0v) is 16.7. The Kier molecular flexibility index (Phi) is 9.31. The molecule has 2 heteroatoms. The second kappa shape index (κ2) is 10.4. The molecule has 0 fully saturated rings. The molecule has 1 aliphatic rings.